The first-order chi connectivity index (χ1) is 12.6. The monoisotopic (exact) mass is 356 g/mol. The molecule has 1 aromatic carbocycles. The van der Waals surface area contributed by atoms with Crippen LogP contribution in [0.25, 0.3) is 10.9 Å². The van der Waals surface area contributed by atoms with E-state index in [4.69, 9.17) is 4.74 Å². The Kier molecular flexibility index (Phi) is 4.55. The number of hydrogen-bond acceptors (Lipinski definition) is 3. The van der Waals surface area contributed by atoms with Crippen LogP contribution in [0.3, 0.4) is 0 Å². The third kappa shape index (κ3) is 3.14. The van der Waals surface area contributed by atoms with Gasteiger partial charge < -0.3 is 24.0 Å². The van der Waals surface area contributed by atoms with Crippen LogP contribution >= 0.6 is 0 Å². The maximum atomic E-state index is 12.8. The second-order valence-corrected chi connectivity index (χ2v) is 6.86. The zero-order valence-corrected chi connectivity index (χ0v) is 15.1. The maximum absolute atomic E-state index is 12.8. The molecule has 2 aromatic rings. The minimum absolute atomic E-state index is 0.0339. The molecule has 26 heavy (non-hydrogen) atoms. The van der Waals surface area contributed by atoms with Crippen molar-refractivity contribution in [2.24, 2.45) is 7.05 Å². The van der Waals surface area contributed by atoms with Gasteiger partial charge in [-0.25, -0.2) is 4.79 Å². The van der Waals surface area contributed by atoms with Crippen LogP contribution in [0.15, 0.2) is 30.5 Å². The van der Waals surface area contributed by atoms with E-state index < -0.39 is 0 Å². The van der Waals surface area contributed by atoms with Crippen LogP contribution in [-0.4, -0.2) is 83.7 Å². The molecule has 1 aromatic heterocycles. The molecule has 4 rings (SSSR count). The Morgan fingerprint density at radius 3 is 2.27 bits per heavy atom. The molecule has 7 heteroatoms. The van der Waals surface area contributed by atoms with Crippen molar-refractivity contribution in [3.63, 3.8) is 0 Å². The van der Waals surface area contributed by atoms with Crippen LogP contribution < -0.4 is 0 Å². The average molecular weight is 356 g/mol. The van der Waals surface area contributed by atoms with E-state index >= 15 is 0 Å². The van der Waals surface area contributed by atoms with E-state index in [2.05, 4.69) is 0 Å². The molecule has 0 bridgehead atoms. The fourth-order valence-electron chi connectivity index (χ4n) is 3.63. The van der Waals surface area contributed by atoms with Crippen LogP contribution in [0.5, 0.6) is 0 Å². The number of carbonyl (C=O) groups is 2. The third-order valence-electron chi connectivity index (χ3n) is 5.25. The zero-order valence-electron chi connectivity index (χ0n) is 15.1. The van der Waals surface area contributed by atoms with Crippen molar-refractivity contribution in [1.29, 1.82) is 0 Å². The number of carbonyl (C=O) groups excluding carboxylic acids is 2. The molecule has 0 aliphatic carbocycles. The van der Waals surface area contributed by atoms with Gasteiger partial charge in [-0.1, -0.05) is 6.07 Å². The van der Waals surface area contributed by atoms with Crippen LogP contribution in [0.1, 0.15) is 10.4 Å². The molecule has 0 saturated carbocycles. The number of amides is 3. The fraction of sp³-hybridized carbons (Fsp3) is 0.474. The van der Waals surface area contributed by atoms with Crippen LogP contribution in [0, 0.1) is 0 Å². The lowest BCUT2D eigenvalue weighted by atomic mass is 10.1. The largest absolute Gasteiger partial charge is 0.378 e. The Hall–Kier alpha value is -2.54. The second-order valence-electron chi connectivity index (χ2n) is 6.86. The lowest BCUT2D eigenvalue weighted by Crippen LogP contribution is -2.55. The Bertz CT molecular complexity index is 817. The average Bonchev–Trinajstić information content (AvgIpc) is 3.08. The summed E-state index contributed by atoms with van der Waals surface area (Å²) in [4.78, 5) is 30.9. The molecule has 7 nitrogen and oxygen atoms in total. The lowest BCUT2D eigenvalue weighted by Gasteiger charge is -2.38. The first kappa shape index (κ1) is 16.9. The van der Waals surface area contributed by atoms with Crippen molar-refractivity contribution in [1.82, 2.24) is 19.3 Å². The summed E-state index contributed by atoms with van der Waals surface area (Å²) in [6.45, 7) is 4.80. The maximum Gasteiger partial charge on any atom is 0.320 e. The SMILES string of the molecule is Cn1ccc2ccc(C(=O)N3CCN(C(=O)N4CCOCC4)CC3)cc21. The highest BCUT2D eigenvalue weighted by Gasteiger charge is 2.28. The number of rotatable bonds is 1. The van der Waals surface area contributed by atoms with Gasteiger partial charge >= 0.3 is 6.03 Å². The van der Waals surface area contributed by atoms with E-state index in [1.165, 1.54) is 0 Å². The van der Waals surface area contributed by atoms with Gasteiger partial charge in [-0.2, -0.15) is 0 Å². The summed E-state index contributed by atoms with van der Waals surface area (Å²) in [6.07, 6.45) is 1.99. The van der Waals surface area contributed by atoms with Gasteiger partial charge in [-0.3, -0.25) is 4.79 Å². The van der Waals surface area contributed by atoms with Crippen molar-refractivity contribution in [2.75, 3.05) is 52.5 Å². The van der Waals surface area contributed by atoms with Gasteiger partial charge in [0.05, 0.1) is 13.2 Å². The molecular formula is C19H24N4O3. The first-order valence-corrected chi connectivity index (χ1v) is 9.09. The van der Waals surface area contributed by atoms with Gasteiger partial charge in [0, 0.05) is 63.6 Å². The fourth-order valence-corrected chi connectivity index (χ4v) is 3.63. The standard InChI is InChI=1S/C19H24N4O3/c1-20-5-4-15-2-3-16(14-17(15)20)18(24)21-6-8-22(9-7-21)19(25)23-10-12-26-13-11-23/h2-5,14H,6-13H2,1H3. The van der Waals surface area contributed by atoms with Gasteiger partial charge in [-0.15, -0.1) is 0 Å². The number of ether oxygens (including phenoxy) is 1. The third-order valence-corrected chi connectivity index (χ3v) is 5.25. The van der Waals surface area contributed by atoms with Gasteiger partial charge in [0.15, 0.2) is 0 Å². The minimum Gasteiger partial charge on any atom is -0.378 e. The van der Waals surface area contributed by atoms with E-state index in [0.717, 1.165) is 10.9 Å². The Morgan fingerprint density at radius 2 is 1.54 bits per heavy atom. The highest BCUT2D eigenvalue weighted by atomic mass is 16.5. The van der Waals surface area contributed by atoms with E-state index in [1.807, 2.05) is 56.8 Å². The molecular weight excluding hydrogens is 332 g/mol. The molecule has 2 aliphatic rings. The summed E-state index contributed by atoms with van der Waals surface area (Å²) < 4.78 is 7.32. The number of piperazine rings is 1. The molecule has 0 N–H and O–H groups in total. The highest BCUT2D eigenvalue weighted by Crippen LogP contribution is 2.18. The number of aryl methyl sites for hydroxylation is 1. The normalized spacial score (nSPS) is 18.4. The summed E-state index contributed by atoms with van der Waals surface area (Å²) in [7, 11) is 1.98. The van der Waals surface area contributed by atoms with E-state index in [9.17, 15) is 9.59 Å². The number of nitrogens with zero attached hydrogens (tertiary/aromatic N) is 4. The minimum atomic E-state index is 0.0339. The topological polar surface area (TPSA) is 58.0 Å². The second kappa shape index (κ2) is 6.99. The molecule has 0 spiro atoms. The molecule has 2 fully saturated rings. The summed E-state index contributed by atoms with van der Waals surface area (Å²) >= 11 is 0. The predicted octanol–water partition coefficient (Wildman–Crippen LogP) is 1.39. The Morgan fingerprint density at radius 1 is 0.885 bits per heavy atom. The van der Waals surface area contributed by atoms with Crippen LogP contribution in [0.2, 0.25) is 0 Å². The highest BCUT2D eigenvalue weighted by molar-refractivity contribution is 5.98. The van der Waals surface area contributed by atoms with Gasteiger partial charge in [0.25, 0.3) is 5.91 Å². The Labute approximate surface area is 152 Å². The van der Waals surface area contributed by atoms with Gasteiger partial charge in [-0.05, 0) is 23.6 Å². The number of fused-ring (bicyclic) bond motifs is 1. The summed E-state index contributed by atoms with van der Waals surface area (Å²) in [5.74, 6) is 0.0339. The predicted molar refractivity (Wildman–Crippen MR) is 98.2 cm³/mol. The van der Waals surface area contributed by atoms with Crippen LogP contribution in [0.4, 0.5) is 4.79 Å². The van der Waals surface area contributed by atoms with Gasteiger partial charge in [0.2, 0.25) is 0 Å². The van der Waals surface area contributed by atoms with E-state index in [-0.39, 0.29) is 11.9 Å². The molecule has 2 aliphatic heterocycles. The van der Waals surface area contributed by atoms with E-state index in [0.29, 0.717) is 58.0 Å². The first-order valence-electron chi connectivity index (χ1n) is 9.09. The zero-order chi connectivity index (χ0) is 18.1. The molecule has 138 valence electrons. The summed E-state index contributed by atoms with van der Waals surface area (Å²) in [5, 5.41) is 1.13. The van der Waals surface area contributed by atoms with Crippen molar-refractivity contribution in [3.8, 4) is 0 Å². The smallest absolute Gasteiger partial charge is 0.320 e. The van der Waals surface area contributed by atoms with Gasteiger partial charge in [0.1, 0.15) is 0 Å². The number of hydrogen-bond donors (Lipinski definition) is 0. The molecule has 3 heterocycles. The number of benzene rings is 1. The molecule has 0 radical (unpaired) electrons. The molecule has 0 atom stereocenters. The summed E-state index contributed by atoms with van der Waals surface area (Å²) in [6, 6.07) is 7.92. The van der Waals surface area contributed by atoms with Crippen molar-refractivity contribution in [2.45, 2.75) is 0 Å². The quantitative estimate of drug-likeness (QED) is 0.776. The van der Waals surface area contributed by atoms with E-state index in [1.54, 1.807) is 0 Å². The van der Waals surface area contributed by atoms with Crippen molar-refractivity contribution >= 4 is 22.8 Å². The van der Waals surface area contributed by atoms with Crippen LogP contribution in [-0.2, 0) is 11.8 Å². The number of aromatic nitrogens is 1. The molecule has 2 saturated heterocycles. The Balaban J connectivity index is 1.39. The molecule has 3 amide bonds. The number of urea groups is 1. The van der Waals surface area contributed by atoms with Crippen molar-refractivity contribution < 1.29 is 14.3 Å². The number of morpholine rings is 1. The molecule has 0 unspecified atom stereocenters. The summed E-state index contributed by atoms with van der Waals surface area (Å²) in [5.41, 5.74) is 1.75. The van der Waals surface area contributed by atoms with Crippen molar-refractivity contribution in [3.05, 3.63) is 36.0 Å². The lowest BCUT2D eigenvalue weighted by molar-refractivity contribution is 0.0362.